The van der Waals surface area contributed by atoms with Gasteiger partial charge in [0.2, 0.25) is 0 Å². The van der Waals surface area contributed by atoms with Gasteiger partial charge in [0.05, 0.1) is 16.1 Å². The zero-order valence-electron chi connectivity index (χ0n) is 11.4. The number of sulfonamides is 1. The topological polar surface area (TPSA) is 141 Å². The summed E-state index contributed by atoms with van der Waals surface area (Å²) >= 11 is 0. The van der Waals surface area contributed by atoms with Crippen LogP contribution in [0.25, 0.3) is 0 Å². The van der Waals surface area contributed by atoms with E-state index in [1.807, 2.05) is 0 Å². The minimum Gasteiger partial charge on any atom is -0.507 e. The van der Waals surface area contributed by atoms with Crippen molar-refractivity contribution in [2.45, 2.75) is 4.90 Å². The zero-order chi connectivity index (χ0) is 17.2. The van der Waals surface area contributed by atoms with Crippen LogP contribution in [0.15, 0.2) is 47.4 Å². The van der Waals surface area contributed by atoms with E-state index >= 15 is 0 Å². The number of phenols is 1. The quantitative estimate of drug-likeness (QED) is 0.649. The molecule has 0 saturated heterocycles. The van der Waals surface area contributed by atoms with Gasteiger partial charge in [-0.1, -0.05) is 6.07 Å². The molecule has 0 radical (unpaired) electrons. The van der Waals surface area contributed by atoms with Gasteiger partial charge in [-0.2, -0.15) is 0 Å². The summed E-state index contributed by atoms with van der Waals surface area (Å²) in [5.74, 6) is -3.23. The van der Waals surface area contributed by atoms with Gasteiger partial charge in [-0.15, -0.1) is 0 Å². The monoisotopic (exact) mass is 337 g/mol. The molecule has 9 heteroatoms. The molecule has 120 valence electrons. The SMILES string of the molecule is O=C(O)c1cccc(S(=O)(=O)Nc2ccc(C(=O)O)c(O)c2)c1. The Morgan fingerprint density at radius 2 is 1.65 bits per heavy atom. The molecule has 0 atom stereocenters. The molecule has 2 rings (SSSR count). The van der Waals surface area contributed by atoms with E-state index in [4.69, 9.17) is 10.2 Å². The highest BCUT2D eigenvalue weighted by Gasteiger charge is 2.18. The van der Waals surface area contributed by atoms with Crippen LogP contribution in [-0.4, -0.2) is 35.7 Å². The first kappa shape index (κ1) is 16.3. The Bertz CT molecular complexity index is 890. The Balaban J connectivity index is 2.35. The van der Waals surface area contributed by atoms with Crippen LogP contribution in [0.3, 0.4) is 0 Å². The van der Waals surface area contributed by atoms with Crippen LogP contribution in [0, 0.1) is 0 Å². The molecule has 0 aromatic heterocycles. The summed E-state index contributed by atoms with van der Waals surface area (Å²) in [6.07, 6.45) is 0. The summed E-state index contributed by atoms with van der Waals surface area (Å²) in [6.45, 7) is 0. The first-order valence-corrected chi connectivity index (χ1v) is 7.61. The Labute approximate surface area is 130 Å². The molecule has 0 aliphatic heterocycles. The van der Waals surface area contributed by atoms with E-state index in [1.165, 1.54) is 24.3 Å². The Morgan fingerprint density at radius 1 is 0.957 bits per heavy atom. The van der Waals surface area contributed by atoms with E-state index in [0.717, 1.165) is 18.2 Å². The number of carboxylic acids is 2. The number of nitrogens with one attached hydrogen (secondary N) is 1. The van der Waals surface area contributed by atoms with Gasteiger partial charge in [0.25, 0.3) is 10.0 Å². The molecule has 0 heterocycles. The highest BCUT2D eigenvalue weighted by Crippen LogP contribution is 2.24. The average Bonchev–Trinajstić information content (AvgIpc) is 2.46. The van der Waals surface area contributed by atoms with Crippen LogP contribution >= 0.6 is 0 Å². The largest absolute Gasteiger partial charge is 0.507 e. The maximum absolute atomic E-state index is 12.2. The zero-order valence-corrected chi connectivity index (χ0v) is 12.2. The number of hydrogen-bond acceptors (Lipinski definition) is 5. The van der Waals surface area contributed by atoms with Crippen molar-refractivity contribution in [1.82, 2.24) is 0 Å². The highest BCUT2D eigenvalue weighted by atomic mass is 32.2. The Morgan fingerprint density at radius 3 is 2.22 bits per heavy atom. The van der Waals surface area contributed by atoms with Crippen molar-refractivity contribution in [3.63, 3.8) is 0 Å². The third kappa shape index (κ3) is 3.58. The van der Waals surface area contributed by atoms with Gasteiger partial charge in [-0.25, -0.2) is 18.0 Å². The molecule has 0 bridgehead atoms. The number of anilines is 1. The van der Waals surface area contributed by atoms with Crippen LogP contribution < -0.4 is 4.72 Å². The fraction of sp³-hybridized carbons (Fsp3) is 0. The molecule has 23 heavy (non-hydrogen) atoms. The van der Waals surface area contributed by atoms with Gasteiger partial charge in [0, 0.05) is 6.07 Å². The summed E-state index contributed by atoms with van der Waals surface area (Å²) < 4.78 is 26.5. The number of hydrogen-bond donors (Lipinski definition) is 4. The summed E-state index contributed by atoms with van der Waals surface area (Å²) in [7, 11) is -4.09. The lowest BCUT2D eigenvalue weighted by Crippen LogP contribution is -2.14. The second kappa shape index (κ2) is 5.97. The van der Waals surface area contributed by atoms with Crippen LogP contribution in [-0.2, 0) is 10.0 Å². The molecule has 0 unspecified atom stereocenters. The molecule has 0 spiro atoms. The van der Waals surface area contributed by atoms with Gasteiger partial charge in [0.1, 0.15) is 11.3 Å². The molecule has 0 amide bonds. The van der Waals surface area contributed by atoms with Crippen LogP contribution in [0.1, 0.15) is 20.7 Å². The van der Waals surface area contributed by atoms with Gasteiger partial charge < -0.3 is 15.3 Å². The van der Waals surface area contributed by atoms with Crippen LogP contribution in [0.4, 0.5) is 5.69 Å². The molecular weight excluding hydrogens is 326 g/mol. The van der Waals surface area contributed by atoms with E-state index in [2.05, 4.69) is 4.72 Å². The van der Waals surface area contributed by atoms with Crippen molar-refractivity contribution < 1.29 is 33.3 Å². The van der Waals surface area contributed by atoms with E-state index in [-0.39, 0.29) is 21.7 Å². The number of carbonyl (C=O) groups is 2. The first-order chi connectivity index (χ1) is 10.7. The fourth-order valence-corrected chi connectivity index (χ4v) is 2.88. The smallest absolute Gasteiger partial charge is 0.339 e. The summed E-state index contributed by atoms with van der Waals surface area (Å²) in [5.41, 5.74) is -0.633. The second-order valence-electron chi connectivity index (χ2n) is 4.48. The predicted octanol–water partition coefficient (Wildman–Crippen LogP) is 1.59. The molecule has 8 nitrogen and oxygen atoms in total. The number of benzene rings is 2. The molecule has 4 N–H and O–H groups in total. The standard InChI is InChI=1S/C14H11NO7S/c16-12-7-9(4-5-11(12)14(19)20)15-23(21,22)10-3-1-2-8(6-10)13(17)18/h1-7,15-16H,(H,17,18)(H,19,20). The van der Waals surface area contributed by atoms with Crippen molar-refractivity contribution in [2.24, 2.45) is 0 Å². The van der Waals surface area contributed by atoms with Crippen molar-refractivity contribution >= 4 is 27.6 Å². The number of aromatic hydroxyl groups is 1. The fourth-order valence-electron chi connectivity index (χ4n) is 1.79. The number of aromatic carboxylic acids is 2. The highest BCUT2D eigenvalue weighted by molar-refractivity contribution is 7.92. The minimum atomic E-state index is -4.09. The minimum absolute atomic E-state index is 0.0618. The Hall–Kier alpha value is -3.07. The summed E-state index contributed by atoms with van der Waals surface area (Å²) in [4.78, 5) is 21.4. The third-order valence-electron chi connectivity index (χ3n) is 2.87. The van der Waals surface area contributed by atoms with Crippen molar-refractivity contribution in [3.05, 3.63) is 53.6 Å². The molecule has 0 aliphatic rings. The molecule has 0 fully saturated rings. The Kier molecular flexibility index (Phi) is 4.23. The molecule has 2 aromatic rings. The van der Waals surface area contributed by atoms with Crippen molar-refractivity contribution in [1.29, 1.82) is 0 Å². The lowest BCUT2D eigenvalue weighted by atomic mass is 10.2. The van der Waals surface area contributed by atoms with E-state index in [0.29, 0.717) is 0 Å². The predicted molar refractivity (Wildman–Crippen MR) is 79.3 cm³/mol. The summed E-state index contributed by atoms with van der Waals surface area (Å²) in [5, 5.41) is 27.2. The van der Waals surface area contributed by atoms with Gasteiger partial charge in [-0.3, -0.25) is 4.72 Å². The maximum Gasteiger partial charge on any atom is 0.339 e. The molecular formula is C14H11NO7S. The first-order valence-electron chi connectivity index (χ1n) is 6.13. The van der Waals surface area contributed by atoms with Crippen LogP contribution in [0.5, 0.6) is 5.75 Å². The number of carboxylic acid groups (broad SMARTS) is 2. The van der Waals surface area contributed by atoms with Gasteiger partial charge >= 0.3 is 11.9 Å². The number of rotatable bonds is 5. The van der Waals surface area contributed by atoms with E-state index in [1.54, 1.807) is 0 Å². The molecule has 0 saturated carbocycles. The van der Waals surface area contributed by atoms with Crippen molar-refractivity contribution in [2.75, 3.05) is 4.72 Å². The lowest BCUT2D eigenvalue weighted by Gasteiger charge is -2.09. The van der Waals surface area contributed by atoms with Gasteiger partial charge in [-0.05, 0) is 30.3 Å². The lowest BCUT2D eigenvalue weighted by molar-refractivity contribution is 0.0684. The average molecular weight is 337 g/mol. The van der Waals surface area contributed by atoms with E-state index in [9.17, 15) is 23.1 Å². The second-order valence-corrected chi connectivity index (χ2v) is 6.16. The van der Waals surface area contributed by atoms with Crippen LogP contribution in [0.2, 0.25) is 0 Å². The molecule has 0 aliphatic carbocycles. The normalized spacial score (nSPS) is 11.0. The molecule has 2 aromatic carbocycles. The van der Waals surface area contributed by atoms with Gasteiger partial charge in [0.15, 0.2) is 0 Å². The van der Waals surface area contributed by atoms with Crippen molar-refractivity contribution in [3.8, 4) is 5.75 Å². The maximum atomic E-state index is 12.2. The summed E-state index contributed by atoms with van der Waals surface area (Å²) in [6, 6.07) is 7.88. The third-order valence-corrected chi connectivity index (χ3v) is 4.25. The van der Waals surface area contributed by atoms with E-state index < -0.39 is 27.7 Å².